The number of ether oxygens (including phenoxy) is 2. The zero-order valence-corrected chi connectivity index (χ0v) is 11.0. The van der Waals surface area contributed by atoms with Crippen LogP contribution in [0.5, 0.6) is 0 Å². The maximum absolute atomic E-state index is 11.5. The van der Waals surface area contributed by atoms with Crippen molar-refractivity contribution in [2.24, 2.45) is 5.73 Å². The molecular formula is C12H24N2O3. The maximum Gasteiger partial charge on any atom is 0.237 e. The molecule has 1 saturated carbocycles. The van der Waals surface area contributed by atoms with E-state index >= 15 is 0 Å². The van der Waals surface area contributed by atoms with Gasteiger partial charge in [0.2, 0.25) is 5.91 Å². The van der Waals surface area contributed by atoms with Gasteiger partial charge < -0.3 is 20.5 Å². The molecule has 1 aliphatic rings. The summed E-state index contributed by atoms with van der Waals surface area (Å²) in [6.45, 7) is 4.90. The zero-order chi connectivity index (χ0) is 12.9. The molecule has 0 bridgehead atoms. The molecule has 0 radical (unpaired) electrons. The summed E-state index contributed by atoms with van der Waals surface area (Å²) in [5, 5.41) is 3.30. The second-order valence-electron chi connectivity index (χ2n) is 4.99. The van der Waals surface area contributed by atoms with E-state index in [9.17, 15) is 4.79 Å². The lowest BCUT2D eigenvalue weighted by atomic mass is 9.93. The molecule has 1 fully saturated rings. The predicted octanol–water partition coefficient (Wildman–Crippen LogP) is 0.424. The van der Waals surface area contributed by atoms with E-state index in [2.05, 4.69) is 5.32 Å². The first-order valence-electron chi connectivity index (χ1n) is 6.16. The Bertz CT molecular complexity index is 256. The summed E-state index contributed by atoms with van der Waals surface area (Å²) >= 11 is 0. The zero-order valence-electron chi connectivity index (χ0n) is 11.0. The highest BCUT2D eigenvalue weighted by molar-refractivity contribution is 5.84. The molecule has 1 rings (SSSR count). The van der Waals surface area contributed by atoms with Crippen LogP contribution in [0.25, 0.3) is 0 Å². The summed E-state index contributed by atoms with van der Waals surface area (Å²) in [5.74, 6) is -0.313. The average Bonchev–Trinajstić information content (AvgIpc) is 3.01. The molecular weight excluding hydrogens is 220 g/mol. The second kappa shape index (κ2) is 6.33. The molecule has 0 heterocycles. The van der Waals surface area contributed by atoms with Crippen LogP contribution in [-0.4, -0.2) is 43.9 Å². The number of carbonyl (C=O) groups is 1. The van der Waals surface area contributed by atoms with E-state index in [0.29, 0.717) is 25.7 Å². The molecule has 0 spiro atoms. The third-order valence-electron chi connectivity index (χ3n) is 3.03. The van der Waals surface area contributed by atoms with Crippen LogP contribution in [-0.2, 0) is 14.3 Å². The van der Waals surface area contributed by atoms with Crippen LogP contribution < -0.4 is 11.1 Å². The summed E-state index contributed by atoms with van der Waals surface area (Å²) in [6, 6.07) is 0.443. The smallest absolute Gasteiger partial charge is 0.237 e. The third kappa shape index (κ3) is 5.02. The number of methoxy groups -OCH3 is 1. The first-order chi connectivity index (χ1) is 7.98. The fourth-order valence-electron chi connectivity index (χ4n) is 1.88. The van der Waals surface area contributed by atoms with E-state index in [1.165, 1.54) is 0 Å². The van der Waals surface area contributed by atoms with Crippen LogP contribution in [0.1, 0.15) is 33.1 Å². The van der Waals surface area contributed by atoms with E-state index in [1.54, 1.807) is 7.11 Å². The van der Waals surface area contributed by atoms with Gasteiger partial charge in [-0.05, 0) is 26.7 Å². The number of rotatable bonds is 9. The number of primary amides is 1. The monoisotopic (exact) mass is 244 g/mol. The number of hydrogen-bond donors (Lipinski definition) is 2. The Labute approximate surface area is 103 Å². The molecule has 0 aromatic carbocycles. The van der Waals surface area contributed by atoms with E-state index < -0.39 is 5.54 Å². The van der Waals surface area contributed by atoms with Crippen molar-refractivity contribution in [3.05, 3.63) is 0 Å². The number of carbonyl (C=O) groups excluding carboxylic acids is 1. The van der Waals surface area contributed by atoms with Gasteiger partial charge in [-0.25, -0.2) is 0 Å². The third-order valence-corrected chi connectivity index (χ3v) is 3.03. The van der Waals surface area contributed by atoms with Crippen molar-refractivity contribution < 1.29 is 14.3 Å². The molecule has 0 saturated heterocycles. The van der Waals surface area contributed by atoms with E-state index in [-0.39, 0.29) is 12.0 Å². The van der Waals surface area contributed by atoms with Gasteiger partial charge in [0.1, 0.15) is 0 Å². The summed E-state index contributed by atoms with van der Waals surface area (Å²) in [4.78, 5) is 11.5. The van der Waals surface area contributed by atoms with Gasteiger partial charge in [-0.2, -0.15) is 0 Å². The molecule has 0 aliphatic heterocycles. The highest BCUT2D eigenvalue weighted by atomic mass is 16.5. The summed E-state index contributed by atoms with van der Waals surface area (Å²) in [7, 11) is 1.64. The van der Waals surface area contributed by atoms with Crippen LogP contribution in [0, 0.1) is 0 Å². The van der Waals surface area contributed by atoms with Crippen LogP contribution in [0.3, 0.4) is 0 Å². The lowest BCUT2D eigenvalue weighted by Gasteiger charge is -2.30. The van der Waals surface area contributed by atoms with E-state index in [4.69, 9.17) is 15.2 Å². The number of hydrogen-bond acceptors (Lipinski definition) is 4. The summed E-state index contributed by atoms with van der Waals surface area (Å²) in [6.07, 6.45) is 2.82. The van der Waals surface area contributed by atoms with Crippen molar-refractivity contribution in [1.29, 1.82) is 0 Å². The van der Waals surface area contributed by atoms with Crippen molar-refractivity contribution in [2.75, 3.05) is 20.3 Å². The molecule has 17 heavy (non-hydrogen) atoms. The van der Waals surface area contributed by atoms with Crippen molar-refractivity contribution >= 4 is 5.91 Å². The Morgan fingerprint density at radius 3 is 2.65 bits per heavy atom. The SMILES string of the molecule is COCCOC(C)CC(C)(NC1CC1)C(N)=O. The minimum atomic E-state index is -0.673. The Hall–Kier alpha value is -0.650. The topological polar surface area (TPSA) is 73.6 Å². The van der Waals surface area contributed by atoms with Gasteiger partial charge in [0.25, 0.3) is 0 Å². The van der Waals surface area contributed by atoms with Crippen LogP contribution in [0.2, 0.25) is 0 Å². The minimum absolute atomic E-state index is 0.0195. The standard InChI is InChI=1S/C12H24N2O3/c1-9(17-7-6-16-3)8-12(2,11(13)15)14-10-4-5-10/h9-10,14H,4-8H2,1-3H3,(H2,13,15). The largest absolute Gasteiger partial charge is 0.382 e. The van der Waals surface area contributed by atoms with E-state index in [1.807, 2.05) is 13.8 Å². The second-order valence-corrected chi connectivity index (χ2v) is 4.99. The highest BCUT2D eigenvalue weighted by Gasteiger charge is 2.38. The Morgan fingerprint density at radius 1 is 1.53 bits per heavy atom. The van der Waals surface area contributed by atoms with Crippen molar-refractivity contribution in [1.82, 2.24) is 5.32 Å². The van der Waals surface area contributed by atoms with Gasteiger partial charge in [-0.15, -0.1) is 0 Å². The van der Waals surface area contributed by atoms with Gasteiger partial charge in [0.15, 0.2) is 0 Å². The summed E-state index contributed by atoms with van der Waals surface area (Å²) in [5.41, 5.74) is 4.80. The minimum Gasteiger partial charge on any atom is -0.382 e. The fraction of sp³-hybridized carbons (Fsp3) is 0.917. The molecule has 1 amide bonds. The Kier molecular flexibility index (Phi) is 5.36. The van der Waals surface area contributed by atoms with Gasteiger partial charge >= 0.3 is 0 Å². The Morgan fingerprint density at radius 2 is 2.18 bits per heavy atom. The number of nitrogens with two attached hydrogens (primary N) is 1. The lowest BCUT2D eigenvalue weighted by molar-refractivity contribution is -0.125. The molecule has 100 valence electrons. The molecule has 0 aromatic rings. The van der Waals surface area contributed by atoms with Crippen LogP contribution in [0.4, 0.5) is 0 Å². The van der Waals surface area contributed by atoms with Gasteiger partial charge in [0.05, 0.1) is 24.9 Å². The molecule has 3 N–H and O–H groups in total. The quantitative estimate of drug-likeness (QED) is 0.577. The van der Waals surface area contributed by atoms with Gasteiger partial charge in [-0.1, -0.05) is 0 Å². The average molecular weight is 244 g/mol. The lowest BCUT2D eigenvalue weighted by Crippen LogP contribution is -2.55. The van der Waals surface area contributed by atoms with Crippen molar-refractivity contribution in [2.45, 2.75) is 50.8 Å². The normalized spacial score (nSPS) is 20.9. The molecule has 2 atom stereocenters. The number of amides is 1. The maximum atomic E-state index is 11.5. The first kappa shape index (κ1) is 14.4. The van der Waals surface area contributed by atoms with E-state index in [0.717, 1.165) is 12.8 Å². The van der Waals surface area contributed by atoms with Crippen LogP contribution in [0.15, 0.2) is 0 Å². The van der Waals surface area contributed by atoms with Crippen molar-refractivity contribution in [3.63, 3.8) is 0 Å². The predicted molar refractivity (Wildman–Crippen MR) is 65.7 cm³/mol. The molecule has 2 unspecified atom stereocenters. The summed E-state index contributed by atoms with van der Waals surface area (Å²) < 4.78 is 10.5. The van der Waals surface area contributed by atoms with Gasteiger partial charge in [0, 0.05) is 19.6 Å². The fourth-order valence-corrected chi connectivity index (χ4v) is 1.88. The first-order valence-corrected chi connectivity index (χ1v) is 6.16. The van der Waals surface area contributed by atoms with Gasteiger partial charge in [-0.3, -0.25) is 4.79 Å². The molecule has 5 nitrogen and oxygen atoms in total. The molecule has 0 aromatic heterocycles. The Balaban J connectivity index is 2.38. The van der Waals surface area contributed by atoms with Crippen molar-refractivity contribution in [3.8, 4) is 0 Å². The number of nitrogens with one attached hydrogen (secondary N) is 1. The molecule has 5 heteroatoms. The highest BCUT2D eigenvalue weighted by Crippen LogP contribution is 2.25. The van der Waals surface area contributed by atoms with Crippen LogP contribution >= 0.6 is 0 Å². The molecule has 1 aliphatic carbocycles.